The number of fused-ring (bicyclic) bond motifs is 5. The maximum Gasteiger partial charge on any atom is 0.246 e. The summed E-state index contributed by atoms with van der Waals surface area (Å²) >= 11 is 0. The van der Waals surface area contributed by atoms with Crippen molar-refractivity contribution in [1.82, 2.24) is 0 Å². The van der Waals surface area contributed by atoms with Gasteiger partial charge < -0.3 is 14.2 Å². The van der Waals surface area contributed by atoms with E-state index >= 15 is 0 Å². The molecule has 0 N–H and O–H groups in total. The van der Waals surface area contributed by atoms with Crippen LogP contribution in [0.3, 0.4) is 0 Å². The largest absolute Gasteiger partial charge is 0.496 e. The van der Waals surface area contributed by atoms with E-state index in [1.807, 2.05) is 13.8 Å². The van der Waals surface area contributed by atoms with Gasteiger partial charge in [-0.2, -0.15) is 0 Å². The normalized spacial score (nSPS) is 27.2. The molecule has 142 valence electrons. The second-order valence-corrected chi connectivity index (χ2v) is 9.78. The fourth-order valence-electron chi connectivity index (χ4n) is 5.52. The summed E-state index contributed by atoms with van der Waals surface area (Å²) in [6, 6.07) is 0. The van der Waals surface area contributed by atoms with E-state index in [4.69, 9.17) is 14.2 Å². The average Bonchev–Trinajstić information content (AvgIpc) is 2.99. The topological polar surface area (TPSA) is 27.7 Å². The molecule has 0 saturated heterocycles. The van der Waals surface area contributed by atoms with E-state index in [9.17, 15) is 0 Å². The van der Waals surface area contributed by atoms with Crippen molar-refractivity contribution in [1.29, 1.82) is 0 Å². The van der Waals surface area contributed by atoms with Crippen LogP contribution in [0.5, 0.6) is 17.2 Å². The zero-order valence-electron chi connectivity index (χ0n) is 17.5. The van der Waals surface area contributed by atoms with Gasteiger partial charge in [0.1, 0.15) is 5.75 Å². The molecule has 1 aromatic rings. The molecule has 26 heavy (non-hydrogen) atoms. The quantitative estimate of drug-likeness (QED) is 0.632. The Bertz CT molecular complexity index is 813. The van der Waals surface area contributed by atoms with Crippen molar-refractivity contribution in [2.24, 2.45) is 5.41 Å². The van der Waals surface area contributed by atoms with Crippen molar-refractivity contribution < 1.29 is 14.2 Å². The average molecular weight is 357 g/mol. The molecule has 0 bridgehead atoms. The molecule has 4 rings (SSSR count). The minimum atomic E-state index is -0.643. The summed E-state index contributed by atoms with van der Waals surface area (Å²) in [6.07, 6.45) is 6.00. The highest BCUT2D eigenvalue weighted by Crippen LogP contribution is 2.65. The van der Waals surface area contributed by atoms with Crippen molar-refractivity contribution in [3.05, 3.63) is 22.3 Å². The van der Waals surface area contributed by atoms with Crippen LogP contribution in [0.25, 0.3) is 6.08 Å². The van der Waals surface area contributed by atoms with Gasteiger partial charge in [0.2, 0.25) is 5.79 Å². The molecule has 1 fully saturated rings. The number of hydrogen-bond donors (Lipinski definition) is 0. The van der Waals surface area contributed by atoms with Crippen molar-refractivity contribution in [2.45, 2.75) is 84.8 Å². The zero-order valence-corrected chi connectivity index (χ0v) is 17.5. The highest BCUT2D eigenvalue weighted by molar-refractivity contribution is 5.83. The second-order valence-electron chi connectivity index (χ2n) is 9.78. The van der Waals surface area contributed by atoms with E-state index in [1.54, 1.807) is 7.11 Å². The van der Waals surface area contributed by atoms with Crippen LogP contribution in [0.2, 0.25) is 0 Å². The van der Waals surface area contributed by atoms with Crippen molar-refractivity contribution in [2.75, 3.05) is 7.11 Å². The van der Waals surface area contributed by atoms with Crippen LogP contribution < -0.4 is 14.2 Å². The molecule has 0 aromatic heterocycles. The Morgan fingerprint density at radius 2 is 1.65 bits per heavy atom. The molecule has 0 spiro atoms. The Morgan fingerprint density at radius 1 is 1.00 bits per heavy atom. The van der Waals surface area contributed by atoms with Crippen LogP contribution >= 0.6 is 0 Å². The molecule has 1 saturated carbocycles. The summed E-state index contributed by atoms with van der Waals surface area (Å²) in [5.41, 5.74) is 5.32. The third-order valence-electron chi connectivity index (χ3n) is 6.56. The predicted octanol–water partition coefficient (Wildman–Crippen LogP) is 6.19. The minimum Gasteiger partial charge on any atom is -0.496 e. The monoisotopic (exact) mass is 356 g/mol. The summed E-state index contributed by atoms with van der Waals surface area (Å²) in [6.45, 7) is 15.5. The van der Waals surface area contributed by atoms with E-state index in [1.165, 1.54) is 29.5 Å². The third kappa shape index (κ3) is 2.18. The maximum atomic E-state index is 6.40. The molecule has 1 heterocycles. The molecule has 3 heteroatoms. The van der Waals surface area contributed by atoms with E-state index in [-0.39, 0.29) is 10.8 Å². The minimum absolute atomic E-state index is 0.00621. The van der Waals surface area contributed by atoms with Gasteiger partial charge in [0, 0.05) is 36.0 Å². The lowest BCUT2D eigenvalue weighted by atomic mass is 9.60. The molecule has 3 nitrogen and oxygen atoms in total. The lowest BCUT2D eigenvalue weighted by Crippen LogP contribution is -2.36. The van der Waals surface area contributed by atoms with Crippen molar-refractivity contribution in [3.8, 4) is 17.2 Å². The first-order valence-electron chi connectivity index (χ1n) is 9.91. The number of rotatable bonds is 2. The van der Waals surface area contributed by atoms with Gasteiger partial charge in [-0.1, -0.05) is 52.7 Å². The molecule has 1 aromatic carbocycles. The molecular formula is C23H32O3. The van der Waals surface area contributed by atoms with Gasteiger partial charge in [-0.15, -0.1) is 0 Å². The second kappa shape index (κ2) is 5.21. The standard InChI is InChI=1S/C23H32O3/c1-13(2)16-18(24-8)14-12-15-21(3,4)10-9-11-23(15,7)17(14)20-19(16)25-22(5,6)26-20/h12-13H,9-11H2,1-8H3/t23-/m0/s1. The van der Waals surface area contributed by atoms with Crippen molar-refractivity contribution >= 4 is 6.08 Å². The van der Waals surface area contributed by atoms with E-state index < -0.39 is 5.79 Å². The number of benzene rings is 1. The van der Waals surface area contributed by atoms with Crippen LogP contribution in [0.4, 0.5) is 0 Å². The number of allylic oxidation sites excluding steroid dienone is 1. The Balaban J connectivity index is 2.07. The van der Waals surface area contributed by atoms with Gasteiger partial charge >= 0.3 is 0 Å². The lowest BCUT2D eigenvalue weighted by Gasteiger charge is -2.44. The fourth-order valence-corrected chi connectivity index (χ4v) is 5.52. The van der Waals surface area contributed by atoms with Gasteiger partial charge in [-0.05, 0) is 24.2 Å². The molecule has 2 aliphatic carbocycles. The van der Waals surface area contributed by atoms with Gasteiger partial charge in [-0.25, -0.2) is 0 Å². The zero-order chi connectivity index (χ0) is 19.1. The Kier molecular flexibility index (Phi) is 3.56. The summed E-state index contributed by atoms with van der Waals surface area (Å²) in [4.78, 5) is 0. The highest BCUT2D eigenvalue weighted by atomic mass is 16.7. The SMILES string of the molecule is COc1c2c(c3c(c1C(C)C)OC(C)(C)O3)[C@@]1(C)CCCC(C)(C)C1=C2. The van der Waals surface area contributed by atoms with Crippen LogP contribution in [0, 0.1) is 5.41 Å². The van der Waals surface area contributed by atoms with E-state index in [0.717, 1.165) is 29.2 Å². The predicted molar refractivity (Wildman–Crippen MR) is 105 cm³/mol. The molecule has 1 aliphatic heterocycles. The molecule has 0 amide bonds. The number of hydrogen-bond acceptors (Lipinski definition) is 3. The molecule has 1 atom stereocenters. The smallest absolute Gasteiger partial charge is 0.246 e. The molecular weight excluding hydrogens is 324 g/mol. The van der Waals surface area contributed by atoms with E-state index in [0.29, 0.717) is 5.92 Å². The van der Waals surface area contributed by atoms with Gasteiger partial charge in [0.15, 0.2) is 11.5 Å². The maximum absolute atomic E-state index is 6.40. The Hall–Kier alpha value is -1.64. The van der Waals surface area contributed by atoms with Gasteiger partial charge in [0.25, 0.3) is 0 Å². The van der Waals surface area contributed by atoms with Crippen LogP contribution in [0.1, 0.15) is 90.3 Å². The van der Waals surface area contributed by atoms with E-state index in [2.05, 4.69) is 40.7 Å². The fraction of sp³-hybridized carbons (Fsp3) is 0.652. The Labute approximate surface area is 157 Å². The first kappa shape index (κ1) is 17.8. The summed E-state index contributed by atoms with van der Waals surface area (Å²) in [5, 5.41) is 0. The van der Waals surface area contributed by atoms with Crippen LogP contribution in [-0.4, -0.2) is 12.9 Å². The first-order valence-corrected chi connectivity index (χ1v) is 9.91. The molecule has 0 radical (unpaired) electrons. The third-order valence-corrected chi connectivity index (χ3v) is 6.56. The first-order chi connectivity index (χ1) is 12.0. The summed E-state index contributed by atoms with van der Waals surface area (Å²) in [7, 11) is 1.78. The molecule has 0 unspecified atom stereocenters. The van der Waals surface area contributed by atoms with Gasteiger partial charge in [-0.3, -0.25) is 0 Å². The number of methoxy groups -OCH3 is 1. The van der Waals surface area contributed by atoms with Gasteiger partial charge in [0.05, 0.1) is 7.11 Å². The molecule has 3 aliphatic rings. The summed E-state index contributed by atoms with van der Waals surface area (Å²) < 4.78 is 18.7. The van der Waals surface area contributed by atoms with Crippen LogP contribution in [0.15, 0.2) is 5.57 Å². The summed E-state index contributed by atoms with van der Waals surface area (Å²) in [5.74, 6) is 2.45. The highest BCUT2D eigenvalue weighted by Gasteiger charge is 2.52. The van der Waals surface area contributed by atoms with Crippen molar-refractivity contribution in [3.63, 3.8) is 0 Å². The lowest BCUT2D eigenvalue weighted by molar-refractivity contribution is -0.0442. The number of ether oxygens (including phenoxy) is 3. The van der Waals surface area contributed by atoms with Crippen LogP contribution in [-0.2, 0) is 5.41 Å². The Morgan fingerprint density at radius 3 is 2.27 bits per heavy atom.